The molecule has 1 aliphatic heterocycles. The minimum Gasteiger partial charge on any atom is -0.481 e. The van der Waals surface area contributed by atoms with Crippen LogP contribution < -0.4 is 10.5 Å². The van der Waals surface area contributed by atoms with Gasteiger partial charge in [-0.1, -0.05) is 6.92 Å². The number of nitrogens with one attached hydrogen (secondary N) is 1. The first-order chi connectivity index (χ1) is 9.54. The zero-order chi connectivity index (χ0) is 14.3. The highest BCUT2D eigenvalue weighted by Gasteiger charge is 2.44. The molecule has 20 heavy (non-hydrogen) atoms. The molecule has 2 N–H and O–H groups in total. The third-order valence-corrected chi connectivity index (χ3v) is 4.52. The molecule has 0 radical (unpaired) electrons. The molecule has 1 saturated carbocycles. The van der Waals surface area contributed by atoms with Crippen molar-refractivity contribution in [3.05, 3.63) is 22.2 Å². The van der Waals surface area contributed by atoms with Crippen LogP contribution in [0.5, 0.6) is 0 Å². The maximum atomic E-state index is 11.7. The number of hydrogen-bond acceptors (Lipinski definition) is 4. The fourth-order valence-electron chi connectivity index (χ4n) is 2.86. The van der Waals surface area contributed by atoms with Crippen molar-refractivity contribution < 1.29 is 9.90 Å². The summed E-state index contributed by atoms with van der Waals surface area (Å²) in [6.45, 7) is 2.97. The second-order valence-electron chi connectivity index (χ2n) is 5.87. The van der Waals surface area contributed by atoms with Crippen LogP contribution in [-0.4, -0.2) is 34.1 Å². The second kappa shape index (κ2) is 4.61. The van der Waals surface area contributed by atoms with E-state index < -0.39 is 11.4 Å². The summed E-state index contributed by atoms with van der Waals surface area (Å²) in [5.41, 5.74) is -0.856. The van der Waals surface area contributed by atoms with Gasteiger partial charge in [-0.2, -0.15) is 0 Å². The van der Waals surface area contributed by atoms with Crippen LogP contribution in [-0.2, 0) is 4.79 Å². The van der Waals surface area contributed by atoms with Gasteiger partial charge in [-0.25, -0.2) is 4.98 Å². The van der Waals surface area contributed by atoms with Crippen LogP contribution >= 0.6 is 0 Å². The highest BCUT2D eigenvalue weighted by molar-refractivity contribution is 5.76. The number of H-pyrrole nitrogens is 1. The average Bonchev–Trinajstić information content (AvgIpc) is 3.17. The molecule has 108 valence electrons. The van der Waals surface area contributed by atoms with Gasteiger partial charge in [0.1, 0.15) is 11.6 Å². The van der Waals surface area contributed by atoms with Crippen LogP contribution in [0.3, 0.4) is 0 Å². The Bertz CT molecular complexity index is 594. The maximum absolute atomic E-state index is 11.7. The summed E-state index contributed by atoms with van der Waals surface area (Å²) in [5, 5.41) is 9.42. The van der Waals surface area contributed by atoms with E-state index in [1.54, 1.807) is 0 Å². The molecule has 2 aliphatic rings. The summed E-state index contributed by atoms with van der Waals surface area (Å²) in [7, 11) is 0. The number of carboxylic acids is 1. The first-order valence-electron chi connectivity index (χ1n) is 7.14. The van der Waals surface area contributed by atoms with E-state index in [-0.39, 0.29) is 5.56 Å². The van der Waals surface area contributed by atoms with E-state index in [1.807, 2.05) is 11.8 Å². The summed E-state index contributed by atoms with van der Waals surface area (Å²) in [5.74, 6) is 0.986. The zero-order valence-electron chi connectivity index (χ0n) is 11.6. The maximum Gasteiger partial charge on any atom is 0.311 e. The number of aliphatic carboxylic acids is 1. The molecular weight excluding hydrogens is 258 g/mol. The predicted octanol–water partition coefficient (Wildman–Crippen LogP) is 1.34. The largest absolute Gasteiger partial charge is 0.481 e. The van der Waals surface area contributed by atoms with Crippen LogP contribution in [0.2, 0.25) is 0 Å². The normalized spacial score (nSPS) is 25.9. The van der Waals surface area contributed by atoms with Crippen molar-refractivity contribution in [1.82, 2.24) is 9.97 Å². The Labute approximate surface area is 116 Å². The van der Waals surface area contributed by atoms with Crippen molar-refractivity contribution in [2.24, 2.45) is 5.41 Å². The fraction of sp³-hybridized carbons (Fsp3) is 0.643. The van der Waals surface area contributed by atoms with Gasteiger partial charge in [0.05, 0.1) is 5.41 Å². The van der Waals surface area contributed by atoms with Gasteiger partial charge in [0, 0.05) is 25.1 Å². The van der Waals surface area contributed by atoms with E-state index in [9.17, 15) is 14.7 Å². The molecule has 1 aromatic rings. The molecule has 0 spiro atoms. The fourth-order valence-corrected chi connectivity index (χ4v) is 2.86. The summed E-state index contributed by atoms with van der Waals surface area (Å²) < 4.78 is 0. The topological polar surface area (TPSA) is 86.3 Å². The lowest BCUT2D eigenvalue weighted by Gasteiger charge is -2.23. The molecular formula is C14H19N3O3. The van der Waals surface area contributed by atoms with E-state index in [4.69, 9.17) is 0 Å². The number of carbonyl (C=O) groups is 1. The number of aromatic nitrogens is 2. The Balaban J connectivity index is 1.87. The smallest absolute Gasteiger partial charge is 0.311 e. The number of hydrogen-bond donors (Lipinski definition) is 2. The van der Waals surface area contributed by atoms with Crippen LogP contribution in [0, 0.1) is 5.41 Å². The van der Waals surface area contributed by atoms with Gasteiger partial charge >= 0.3 is 5.97 Å². The number of rotatable bonds is 4. The molecule has 2 heterocycles. The SMILES string of the molecule is CCC1(C(=O)O)CCN(c2cc(=O)[nH]c(C3CC3)n2)C1. The van der Waals surface area contributed by atoms with Crippen molar-refractivity contribution >= 4 is 11.8 Å². The molecule has 0 aromatic carbocycles. The van der Waals surface area contributed by atoms with Crippen LogP contribution in [0.4, 0.5) is 5.82 Å². The third-order valence-electron chi connectivity index (χ3n) is 4.52. The third kappa shape index (κ3) is 2.19. The molecule has 2 fully saturated rings. The van der Waals surface area contributed by atoms with Gasteiger partial charge in [-0.05, 0) is 25.7 Å². The Kier molecular flexibility index (Phi) is 3.03. The molecule has 1 unspecified atom stereocenters. The lowest BCUT2D eigenvalue weighted by Crippen LogP contribution is -2.34. The number of nitrogens with zero attached hydrogens (tertiary/aromatic N) is 2. The van der Waals surface area contributed by atoms with Crippen molar-refractivity contribution in [3.8, 4) is 0 Å². The molecule has 0 bridgehead atoms. The van der Waals surface area contributed by atoms with Crippen LogP contribution in [0.1, 0.15) is 44.3 Å². The van der Waals surface area contributed by atoms with E-state index in [1.165, 1.54) is 6.07 Å². The van der Waals surface area contributed by atoms with Crippen molar-refractivity contribution in [3.63, 3.8) is 0 Å². The summed E-state index contributed by atoms with van der Waals surface area (Å²) in [6, 6.07) is 1.47. The molecule has 1 aromatic heterocycles. The highest BCUT2D eigenvalue weighted by atomic mass is 16.4. The summed E-state index contributed by atoms with van der Waals surface area (Å²) in [6.07, 6.45) is 3.34. The first-order valence-corrected chi connectivity index (χ1v) is 7.14. The molecule has 1 aliphatic carbocycles. The lowest BCUT2D eigenvalue weighted by molar-refractivity contribution is -0.147. The van der Waals surface area contributed by atoms with Gasteiger partial charge in [-0.15, -0.1) is 0 Å². The predicted molar refractivity (Wildman–Crippen MR) is 74.0 cm³/mol. The van der Waals surface area contributed by atoms with Crippen molar-refractivity contribution in [2.75, 3.05) is 18.0 Å². The van der Waals surface area contributed by atoms with Gasteiger partial charge < -0.3 is 15.0 Å². The standard InChI is InChI=1S/C14H19N3O3/c1-2-14(13(19)20)5-6-17(8-14)10-7-11(18)16-12(15-10)9-3-4-9/h7,9H,2-6,8H2,1H3,(H,19,20)(H,15,16,18). The number of aromatic amines is 1. The van der Waals surface area contributed by atoms with E-state index >= 15 is 0 Å². The van der Waals surface area contributed by atoms with Crippen molar-refractivity contribution in [2.45, 2.75) is 38.5 Å². The zero-order valence-corrected chi connectivity index (χ0v) is 11.6. The average molecular weight is 277 g/mol. The number of anilines is 1. The Morgan fingerprint density at radius 1 is 1.60 bits per heavy atom. The van der Waals surface area contributed by atoms with Crippen LogP contribution in [0.25, 0.3) is 0 Å². The molecule has 6 heteroatoms. The minimum atomic E-state index is -0.755. The molecule has 0 amide bonds. The van der Waals surface area contributed by atoms with Crippen LogP contribution in [0.15, 0.2) is 10.9 Å². The summed E-state index contributed by atoms with van der Waals surface area (Å²) >= 11 is 0. The van der Waals surface area contributed by atoms with E-state index in [0.29, 0.717) is 37.7 Å². The molecule has 1 saturated heterocycles. The minimum absolute atomic E-state index is 0.152. The van der Waals surface area contributed by atoms with E-state index in [2.05, 4.69) is 9.97 Å². The molecule has 6 nitrogen and oxygen atoms in total. The Morgan fingerprint density at radius 3 is 2.90 bits per heavy atom. The van der Waals surface area contributed by atoms with Gasteiger partial charge in [-0.3, -0.25) is 9.59 Å². The lowest BCUT2D eigenvalue weighted by atomic mass is 9.84. The van der Waals surface area contributed by atoms with Gasteiger partial charge in [0.2, 0.25) is 0 Å². The Hall–Kier alpha value is -1.85. The molecule has 1 atom stereocenters. The Morgan fingerprint density at radius 2 is 2.35 bits per heavy atom. The summed E-state index contributed by atoms with van der Waals surface area (Å²) in [4.78, 5) is 32.4. The number of carboxylic acid groups (broad SMARTS) is 1. The molecule has 3 rings (SSSR count). The van der Waals surface area contributed by atoms with Gasteiger partial charge in [0.15, 0.2) is 0 Å². The highest BCUT2D eigenvalue weighted by Crippen LogP contribution is 2.39. The van der Waals surface area contributed by atoms with E-state index in [0.717, 1.165) is 18.7 Å². The quantitative estimate of drug-likeness (QED) is 0.867. The second-order valence-corrected chi connectivity index (χ2v) is 5.87. The van der Waals surface area contributed by atoms with Gasteiger partial charge in [0.25, 0.3) is 5.56 Å². The first kappa shape index (κ1) is 13.1. The van der Waals surface area contributed by atoms with Crippen molar-refractivity contribution in [1.29, 1.82) is 0 Å². The monoisotopic (exact) mass is 277 g/mol.